The first kappa shape index (κ1) is 17.8. The minimum Gasteiger partial charge on any atom is -0.298 e. The number of alkyl halides is 9. The Morgan fingerprint density at radius 1 is 0.762 bits per heavy atom. The van der Waals surface area contributed by atoms with Gasteiger partial charge in [0.15, 0.2) is 17.0 Å². The average molecular weight is 330 g/mol. The monoisotopic (exact) mass is 330 g/mol. The number of rotatable bonds is 3. The first-order valence-electron chi connectivity index (χ1n) is 5.32. The summed E-state index contributed by atoms with van der Waals surface area (Å²) in [5.41, 5.74) is -3.93. The molecule has 0 saturated heterocycles. The lowest BCUT2D eigenvalue weighted by Gasteiger charge is -2.39. The van der Waals surface area contributed by atoms with E-state index in [1.54, 1.807) is 0 Å². The molecule has 0 aromatic carbocycles. The molecular weight excluding hydrogens is 323 g/mol. The van der Waals surface area contributed by atoms with Crippen molar-refractivity contribution in [1.82, 2.24) is 0 Å². The average Bonchev–Trinajstić information content (AvgIpc) is 2.56. The van der Waals surface area contributed by atoms with Crippen molar-refractivity contribution in [3.8, 4) is 0 Å². The van der Waals surface area contributed by atoms with Crippen molar-refractivity contribution in [3.63, 3.8) is 0 Å². The molecule has 0 aromatic rings. The quantitative estimate of drug-likeness (QED) is 0.587. The number of ketones is 2. The lowest BCUT2D eigenvalue weighted by Crippen LogP contribution is -2.67. The third kappa shape index (κ3) is 1.95. The molecule has 0 aromatic heterocycles. The topological polar surface area (TPSA) is 34.1 Å². The van der Waals surface area contributed by atoms with Gasteiger partial charge < -0.3 is 0 Å². The van der Waals surface area contributed by atoms with Crippen molar-refractivity contribution in [2.24, 2.45) is 5.41 Å². The highest BCUT2D eigenvalue weighted by atomic mass is 19.4. The summed E-state index contributed by atoms with van der Waals surface area (Å²) in [7, 11) is 0. The van der Waals surface area contributed by atoms with E-state index in [1.165, 1.54) is 0 Å². The summed E-state index contributed by atoms with van der Waals surface area (Å²) in [5, 5.41) is 0. The summed E-state index contributed by atoms with van der Waals surface area (Å²) in [5.74, 6) is -23.9. The highest BCUT2D eigenvalue weighted by Gasteiger charge is 2.87. The van der Waals surface area contributed by atoms with E-state index < -0.39 is 53.8 Å². The van der Waals surface area contributed by atoms with Crippen LogP contribution in [0.5, 0.6) is 0 Å². The summed E-state index contributed by atoms with van der Waals surface area (Å²) in [6.07, 6.45) is -8.85. The third-order valence-electron chi connectivity index (χ3n) is 3.47. The van der Waals surface area contributed by atoms with Crippen molar-refractivity contribution in [1.29, 1.82) is 0 Å². The van der Waals surface area contributed by atoms with Gasteiger partial charge in [-0.1, -0.05) is 0 Å². The van der Waals surface area contributed by atoms with Crippen LogP contribution in [0.2, 0.25) is 0 Å². The van der Waals surface area contributed by atoms with Crippen LogP contribution in [0.15, 0.2) is 0 Å². The zero-order chi connectivity index (χ0) is 17.1. The van der Waals surface area contributed by atoms with Crippen molar-refractivity contribution < 1.29 is 49.1 Å². The Balaban J connectivity index is 3.48. The van der Waals surface area contributed by atoms with Gasteiger partial charge in [-0.15, -0.1) is 0 Å². The van der Waals surface area contributed by atoms with Crippen LogP contribution in [0.3, 0.4) is 0 Å². The van der Waals surface area contributed by atoms with Gasteiger partial charge in [-0.2, -0.15) is 39.5 Å². The van der Waals surface area contributed by atoms with Crippen molar-refractivity contribution in [2.75, 3.05) is 0 Å². The zero-order valence-electron chi connectivity index (χ0n) is 10.1. The fraction of sp³-hybridized carbons (Fsp3) is 0.800. The largest absolute Gasteiger partial charge is 0.460 e. The molecule has 21 heavy (non-hydrogen) atoms. The van der Waals surface area contributed by atoms with Gasteiger partial charge in [0.05, 0.1) is 0 Å². The van der Waals surface area contributed by atoms with Crippen LogP contribution in [-0.2, 0) is 9.59 Å². The maximum atomic E-state index is 13.6. The number of hydrogen-bond acceptors (Lipinski definition) is 2. The second-order valence-corrected chi connectivity index (χ2v) is 4.69. The minimum atomic E-state index is -7.12. The molecule has 0 aliphatic heterocycles. The normalized spacial score (nSPS) is 21.0. The number of Topliss-reactive ketones (excluding diaryl/α,β-unsaturated/α-hetero) is 2. The maximum Gasteiger partial charge on any atom is 0.460 e. The molecule has 1 saturated carbocycles. The van der Waals surface area contributed by atoms with E-state index in [0.717, 1.165) is 0 Å². The van der Waals surface area contributed by atoms with Gasteiger partial charge in [-0.05, 0) is 6.92 Å². The second kappa shape index (κ2) is 4.35. The van der Waals surface area contributed by atoms with E-state index in [4.69, 9.17) is 0 Å². The van der Waals surface area contributed by atoms with Crippen LogP contribution in [0.4, 0.5) is 39.5 Å². The lowest BCUT2D eigenvalue weighted by atomic mass is 9.75. The summed E-state index contributed by atoms with van der Waals surface area (Å²) in [6.45, 7) is -0.0506. The molecule has 0 amide bonds. The van der Waals surface area contributed by atoms with Gasteiger partial charge in [0, 0.05) is 12.8 Å². The fourth-order valence-electron chi connectivity index (χ4n) is 1.92. The van der Waals surface area contributed by atoms with Gasteiger partial charge in [-0.25, -0.2) is 0 Å². The second-order valence-electron chi connectivity index (χ2n) is 4.69. The van der Waals surface area contributed by atoms with Crippen molar-refractivity contribution in [3.05, 3.63) is 0 Å². The smallest absolute Gasteiger partial charge is 0.298 e. The van der Waals surface area contributed by atoms with Crippen LogP contribution in [0.1, 0.15) is 19.8 Å². The van der Waals surface area contributed by atoms with Gasteiger partial charge in [-0.3, -0.25) is 9.59 Å². The minimum absolute atomic E-state index is 0.0506. The molecule has 0 heterocycles. The Labute approximate surface area is 111 Å². The Morgan fingerprint density at radius 2 is 1.10 bits per heavy atom. The van der Waals surface area contributed by atoms with Crippen LogP contribution >= 0.6 is 0 Å². The summed E-state index contributed by atoms with van der Waals surface area (Å²) in [6, 6.07) is 0. The van der Waals surface area contributed by atoms with Gasteiger partial charge >= 0.3 is 23.9 Å². The van der Waals surface area contributed by atoms with E-state index in [9.17, 15) is 49.1 Å². The van der Waals surface area contributed by atoms with Gasteiger partial charge in [0.2, 0.25) is 0 Å². The standard InChI is InChI=1S/C10H7F9O2/c1-6(4(20)2-3-5(6)21)7(11,12)8(13,14)9(15,16)10(17,18)19/h2-3H2,1H3. The van der Waals surface area contributed by atoms with E-state index in [2.05, 4.69) is 0 Å². The van der Waals surface area contributed by atoms with Crippen LogP contribution in [-0.4, -0.2) is 35.5 Å². The summed E-state index contributed by atoms with van der Waals surface area (Å²) in [4.78, 5) is 22.4. The molecule has 122 valence electrons. The van der Waals surface area contributed by atoms with E-state index >= 15 is 0 Å². The van der Waals surface area contributed by atoms with E-state index in [0.29, 0.717) is 0 Å². The van der Waals surface area contributed by atoms with Crippen molar-refractivity contribution >= 4 is 11.6 Å². The summed E-state index contributed by atoms with van der Waals surface area (Å²) < 4.78 is 115. The number of carbonyl (C=O) groups excluding carboxylic acids is 2. The van der Waals surface area contributed by atoms with Gasteiger partial charge in [0.1, 0.15) is 0 Å². The van der Waals surface area contributed by atoms with Crippen LogP contribution < -0.4 is 0 Å². The first-order valence-corrected chi connectivity index (χ1v) is 5.32. The molecule has 0 spiro atoms. The SMILES string of the molecule is CC1(C(F)(F)C(F)(F)C(F)(F)C(F)(F)F)C(=O)CCC1=O. The van der Waals surface area contributed by atoms with Crippen molar-refractivity contribution in [2.45, 2.75) is 43.7 Å². The molecule has 0 atom stereocenters. The van der Waals surface area contributed by atoms with E-state index in [1.807, 2.05) is 0 Å². The highest BCUT2D eigenvalue weighted by molar-refractivity contribution is 6.13. The molecule has 2 nitrogen and oxygen atoms in total. The Kier molecular flexibility index (Phi) is 3.68. The molecule has 0 N–H and O–H groups in total. The van der Waals surface area contributed by atoms with Crippen LogP contribution in [0, 0.1) is 5.41 Å². The zero-order valence-corrected chi connectivity index (χ0v) is 10.1. The molecule has 1 rings (SSSR count). The Bertz CT molecular complexity index is 461. The molecular formula is C10H7F9O2. The third-order valence-corrected chi connectivity index (χ3v) is 3.47. The molecule has 0 unspecified atom stereocenters. The summed E-state index contributed by atoms with van der Waals surface area (Å²) >= 11 is 0. The maximum absolute atomic E-state index is 13.6. The number of hydrogen-bond donors (Lipinski definition) is 0. The molecule has 1 aliphatic carbocycles. The lowest BCUT2D eigenvalue weighted by molar-refractivity contribution is -0.404. The van der Waals surface area contributed by atoms with E-state index in [-0.39, 0.29) is 6.92 Å². The van der Waals surface area contributed by atoms with Crippen LogP contribution in [0.25, 0.3) is 0 Å². The molecule has 0 radical (unpaired) electrons. The predicted molar refractivity (Wildman–Crippen MR) is 48.3 cm³/mol. The molecule has 1 aliphatic rings. The Hall–Kier alpha value is -1.29. The molecule has 0 bridgehead atoms. The number of carbonyl (C=O) groups is 2. The predicted octanol–water partition coefficient (Wildman–Crippen LogP) is 3.39. The molecule has 11 heteroatoms. The number of halogens is 9. The molecule has 1 fully saturated rings. The highest BCUT2D eigenvalue weighted by Crippen LogP contribution is 2.60. The Morgan fingerprint density at radius 3 is 1.38 bits per heavy atom. The fourth-order valence-corrected chi connectivity index (χ4v) is 1.92. The first-order chi connectivity index (χ1) is 9.05. The van der Waals surface area contributed by atoms with Gasteiger partial charge in [0.25, 0.3) is 0 Å².